The van der Waals surface area contributed by atoms with E-state index in [-0.39, 0.29) is 0 Å². The SMILES string of the molecule is Cc1cnc(-c2nc(=S)cc(-c3cnn(C)c3)[nH]2)nc1. The molecule has 0 aliphatic heterocycles. The van der Waals surface area contributed by atoms with E-state index < -0.39 is 0 Å². The van der Waals surface area contributed by atoms with Crippen LogP contribution in [-0.2, 0) is 7.05 Å². The molecule has 0 saturated carbocycles. The van der Waals surface area contributed by atoms with Crippen molar-refractivity contribution in [2.24, 2.45) is 7.05 Å². The second-order valence-electron chi connectivity index (χ2n) is 4.47. The zero-order chi connectivity index (χ0) is 14.1. The summed E-state index contributed by atoms with van der Waals surface area (Å²) in [5.74, 6) is 1.07. The van der Waals surface area contributed by atoms with Gasteiger partial charge in [-0.15, -0.1) is 0 Å². The summed E-state index contributed by atoms with van der Waals surface area (Å²) >= 11 is 5.21. The largest absolute Gasteiger partial charge is 0.336 e. The molecule has 100 valence electrons. The Morgan fingerprint density at radius 3 is 2.60 bits per heavy atom. The molecule has 0 aliphatic rings. The molecule has 1 N–H and O–H groups in total. The van der Waals surface area contributed by atoms with Crippen molar-refractivity contribution in [2.75, 3.05) is 0 Å². The molecule has 3 heterocycles. The molecule has 0 saturated heterocycles. The highest BCUT2D eigenvalue weighted by Crippen LogP contribution is 2.18. The van der Waals surface area contributed by atoms with Crippen molar-refractivity contribution in [3.63, 3.8) is 0 Å². The Kier molecular flexibility index (Phi) is 3.11. The zero-order valence-electron chi connectivity index (χ0n) is 11.0. The normalized spacial score (nSPS) is 10.7. The summed E-state index contributed by atoms with van der Waals surface area (Å²) in [6.07, 6.45) is 7.16. The van der Waals surface area contributed by atoms with Gasteiger partial charge >= 0.3 is 0 Å². The molecule has 0 unspecified atom stereocenters. The van der Waals surface area contributed by atoms with Crippen molar-refractivity contribution >= 4 is 12.2 Å². The average molecular weight is 284 g/mol. The molecule has 0 bridgehead atoms. The number of aryl methyl sites for hydroxylation is 2. The lowest BCUT2D eigenvalue weighted by atomic mass is 10.2. The standard InChI is InChI=1S/C13H12N6S/c1-8-4-14-12(15-5-8)13-17-10(3-11(20)18-13)9-6-16-19(2)7-9/h3-7H,1-2H3,(H,17,18,20). The van der Waals surface area contributed by atoms with Crippen LogP contribution in [0.5, 0.6) is 0 Å². The Labute approximate surface area is 120 Å². The fourth-order valence-electron chi connectivity index (χ4n) is 1.79. The van der Waals surface area contributed by atoms with Crippen LogP contribution in [0.15, 0.2) is 30.9 Å². The topological polar surface area (TPSA) is 72.3 Å². The van der Waals surface area contributed by atoms with Crippen LogP contribution in [0.1, 0.15) is 5.56 Å². The van der Waals surface area contributed by atoms with Crippen molar-refractivity contribution in [1.29, 1.82) is 0 Å². The number of hydrogen-bond donors (Lipinski definition) is 1. The molecule has 0 spiro atoms. The van der Waals surface area contributed by atoms with Crippen molar-refractivity contribution in [3.8, 4) is 22.9 Å². The number of hydrogen-bond acceptors (Lipinski definition) is 5. The Morgan fingerprint density at radius 1 is 1.20 bits per heavy atom. The van der Waals surface area contributed by atoms with Crippen molar-refractivity contribution in [1.82, 2.24) is 29.7 Å². The highest BCUT2D eigenvalue weighted by molar-refractivity contribution is 7.71. The second-order valence-corrected chi connectivity index (χ2v) is 4.89. The van der Waals surface area contributed by atoms with Gasteiger partial charge < -0.3 is 4.98 Å². The van der Waals surface area contributed by atoms with Gasteiger partial charge in [-0.25, -0.2) is 15.0 Å². The van der Waals surface area contributed by atoms with Gasteiger partial charge in [0.15, 0.2) is 11.6 Å². The third-order valence-corrected chi connectivity index (χ3v) is 2.96. The number of H-pyrrole nitrogens is 1. The van der Waals surface area contributed by atoms with Gasteiger partial charge in [0.05, 0.1) is 11.9 Å². The predicted molar refractivity (Wildman–Crippen MR) is 77.4 cm³/mol. The van der Waals surface area contributed by atoms with Gasteiger partial charge in [0, 0.05) is 31.2 Å². The number of rotatable bonds is 2. The summed E-state index contributed by atoms with van der Waals surface area (Å²) in [4.78, 5) is 16.0. The Bertz CT molecular complexity index is 802. The lowest BCUT2D eigenvalue weighted by Gasteiger charge is -2.03. The van der Waals surface area contributed by atoms with Crippen LogP contribution in [0.25, 0.3) is 22.9 Å². The Balaban J connectivity index is 2.11. The van der Waals surface area contributed by atoms with Gasteiger partial charge in [-0.1, -0.05) is 12.2 Å². The molecule has 0 radical (unpaired) electrons. The van der Waals surface area contributed by atoms with Crippen LogP contribution in [0.2, 0.25) is 0 Å². The summed E-state index contributed by atoms with van der Waals surface area (Å²) in [5.41, 5.74) is 2.78. The highest BCUT2D eigenvalue weighted by Gasteiger charge is 2.07. The van der Waals surface area contributed by atoms with Gasteiger partial charge in [0.2, 0.25) is 0 Å². The second kappa shape index (κ2) is 4.93. The van der Waals surface area contributed by atoms with E-state index in [4.69, 9.17) is 12.2 Å². The maximum atomic E-state index is 5.21. The molecule has 0 fully saturated rings. The third kappa shape index (κ3) is 2.48. The first-order chi connectivity index (χ1) is 9.61. The first-order valence-electron chi connectivity index (χ1n) is 6.01. The molecular formula is C13H12N6S. The molecule has 7 heteroatoms. The van der Waals surface area contributed by atoms with E-state index in [2.05, 4.69) is 25.0 Å². The summed E-state index contributed by atoms with van der Waals surface area (Å²) in [6.45, 7) is 1.94. The van der Waals surface area contributed by atoms with Gasteiger partial charge in [-0.05, 0) is 18.6 Å². The summed E-state index contributed by atoms with van der Waals surface area (Å²) < 4.78 is 2.22. The molecule has 0 atom stereocenters. The van der Waals surface area contributed by atoms with Crippen molar-refractivity contribution in [2.45, 2.75) is 6.92 Å². The zero-order valence-corrected chi connectivity index (χ0v) is 11.8. The quantitative estimate of drug-likeness (QED) is 0.731. The van der Waals surface area contributed by atoms with Gasteiger partial charge in [0.25, 0.3) is 0 Å². The summed E-state index contributed by atoms with van der Waals surface area (Å²) in [5, 5.41) is 4.15. The average Bonchev–Trinajstić information content (AvgIpc) is 2.85. The molecule has 20 heavy (non-hydrogen) atoms. The lowest BCUT2D eigenvalue weighted by Crippen LogP contribution is -1.97. The van der Waals surface area contributed by atoms with Crippen LogP contribution < -0.4 is 0 Å². The molecule has 3 aromatic heterocycles. The minimum atomic E-state index is 0.488. The van der Waals surface area contributed by atoms with E-state index >= 15 is 0 Å². The number of nitrogens with one attached hydrogen (secondary N) is 1. The van der Waals surface area contributed by atoms with E-state index in [0.717, 1.165) is 16.8 Å². The van der Waals surface area contributed by atoms with Gasteiger partial charge in [-0.2, -0.15) is 5.10 Å². The predicted octanol–water partition coefficient (Wildman–Crippen LogP) is 2.31. The molecule has 3 aromatic rings. The molecule has 0 amide bonds. The maximum Gasteiger partial charge on any atom is 0.195 e. The summed E-state index contributed by atoms with van der Waals surface area (Å²) in [7, 11) is 1.86. The fraction of sp³-hybridized carbons (Fsp3) is 0.154. The summed E-state index contributed by atoms with van der Waals surface area (Å²) in [6, 6.07) is 1.80. The Hall–Kier alpha value is -2.41. The first kappa shape index (κ1) is 12.6. The first-order valence-corrected chi connectivity index (χ1v) is 6.42. The van der Waals surface area contributed by atoms with Crippen LogP contribution in [0.4, 0.5) is 0 Å². The molecule has 6 nitrogen and oxygen atoms in total. The number of aromatic nitrogens is 6. The smallest absolute Gasteiger partial charge is 0.195 e. The minimum absolute atomic E-state index is 0.488. The van der Waals surface area contributed by atoms with E-state index in [1.807, 2.05) is 20.2 Å². The minimum Gasteiger partial charge on any atom is -0.336 e. The molecular weight excluding hydrogens is 272 g/mol. The van der Waals surface area contributed by atoms with E-state index in [0.29, 0.717) is 16.3 Å². The van der Waals surface area contributed by atoms with Crippen LogP contribution in [-0.4, -0.2) is 29.7 Å². The molecule has 0 aliphatic carbocycles. The fourth-order valence-corrected chi connectivity index (χ4v) is 2.00. The van der Waals surface area contributed by atoms with Crippen LogP contribution in [0.3, 0.4) is 0 Å². The third-order valence-electron chi connectivity index (χ3n) is 2.75. The van der Waals surface area contributed by atoms with E-state index in [1.54, 1.807) is 29.3 Å². The van der Waals surface area contributed by atoms with Gasteiger partial charge in [0.1, 0.15) is 4.64 Å². The number of nitrogens with zero attached hydrogens (tertiary/aromatic N) is 5. The highest BCUT2D eigenvalue weighted by atomic mass is 32.1. The molecule has 3 rings (SSSR count). The maximum absolute atomic E-state index is 5.21. The van der Waals surface area contributed by atoms with Crippen molar-refractivity contribution < 1.29 is 0 Å². The van der Waals surface area contributed by atoms with Crippen LogP contribution >= 0.6 is 12.2 Å². The lowest BCUT2D eigenvalue weighted by molar-refractivity contribution is 0.768. The van der Waals surface area contributed by atoms with Crippen molar-refractivity contribution in [3.05, 3.63) is 41.1 Å². The molecule has 0 aromatic carbocycles. The number of aromatic amines is 1. The van der Waals surface area contributed by atoms with Gasteiger partial charge in [-0.3, -0.25) is 4.68 Å². The Morgan fingerprint density at radius 2 is 1.95 bits per heavy atom. The monoisotopic (exact) mass is 284 g/mol. The van der Waals surface area contributed by atoms with Crippen LogP contribution in [0, 0.1) is 11.6 Å². The van der Waals surface area contributed by atoms with E-state index in [9.17, 15) is 0 Å². The van der Waals surface area contributed by atoms with E-state index in [1.165, 1.54) is 0 Å².